The molecule has 2 aliphatic rings. The molecule has 47 heavy (non-hydrogen) atoms. The number of aliphatic carboxylic acids is 1. The molecule has 1 saturated heterocycles. The van der Waals surface area contributed by atoms with Crippen LogP contribution in [0.3, 0.4) is 0 Å². The SMILES string of the molecule is CNC(=O)C1(COc2cc(OCc3cc(F)cc(F)c3)c(CN3C[C@@H](O)C[C@H]3C(=O)O)cc2Cl)C=CC=C(c2ccccc2)C1(C)C. The fourth-order valence-electron chi connectivity index (χ4n) is 6.44. The largest absolute Gasteiger partial charge is 0.490 e. The lowest BCUT2D eigenvalue weighted by molar-refractivity contribution is -0.142. The number of allylic oxidation sites excluding steroid dienone is 3. The monoisotopic (exact) mass is 666 g/mol. The Hall–Kier alpha value is -4.25. The maximum Gasteiger partial charge on any atom is 0.321 e. The molecule has 8 nitrogen and oxygen atoms in total. The predicted octanol–water partition coefficient (Wildman–Crippen LogP) is 6.01. The van der Waals surface area contributed by atoms with Crippen LogP contribution < -0.4 is 14.8 Å². The van der Waals surface area contributed by atoms with E-state index in [1.165, 1.54) is 6.07 Å². The molecule has 3 atom stereocenters. The third kappa shape index (κ3) is 7.05. The Bertz CT molecular complexity index is 1690. The first-order valence-electron chi connectivity index (χ1n) is 15.2. The predicted molar refractivity (Wildman–Crippen MR) is 174 cm³/mol. The van der Waals surface area contributed by atoms with E-state index in [0.29, 0.717) is 5.56 Å². The topological polar surface area (TPSA) is 108 Å². The number of ether oxygens (including phenoxy) is 2. The van der Waals surface area contributed by atoms with Crippen LogP contribution in [0.25, 0.3) is 5.57 Å². The minimum absolute atomic E-state index is 0.0596. The van der Waals surface area contributed by atoms with Gasteiger partial charge >= 0.3 is 5.97 Å². The molecular formula is C36H37ClF2N2O6. The second-order valence-electron chi connectivity index (χ2n) is 12.4. The zero-order valence-electron chi connectivity index (χ0n) is 26.3. The second kappa shape index (κ2) is 13.9. The Balaban J connectivity index is 1.48. The Morgan fingerprint density at radius 1 is 1.04 bits per heavy atom. The van der Waals surface area contributed by atoms with Crippen molar-refractivity contribution in [3.05, 3.63) is 112 Å². The lowest BCUT2D eigenvalue weighted by Gasteiger charge is -2.46. The van der Waals surface area contributed by atoms with E-state index in [4.69, 9.17) is 21.1 Å². The number of amides is 1. The van der Waals surface area contributed by atoms with Gasteiger partial charge in [-0.15, -0.1) is 0 Å². The third-order valence-electron chi connectivity index (χ3n) is 9.08. The number of carbonyl (C=O) groups excluding carboxylic acids is 1. The van der Waals surface area contributed by atoms with Gasteiger partial charge in [0, 0.05) is 49.7 Å². The first kappa shape index (κ1) is 34.1. The molecule has 1 unspecified atom stereocenters. The molecule has 3 aromatic rings. The average Bonchev–Trinajstić information content (AvgIpc) is 3.40. The second-order valence-corrected chi connectivity index (χ2v) is 12.8. The van der Waals surface area contributed by atoms with Gasteiger partial charge in [0.1, 0.15) is 47.8 Å². The van der Waals surface area contributed by atoms with Crippen LogP contribution in [-0.4, -0.2) is 59.3 Å². The number of carboxylic acid groups (broad SMARTS) is 1. The van der Waals surface area contributed by atoms with Gasteiger partial charge in [0.2, 0.25) is 5.91 Å². The van der Waals surface area contributed by atoms with Crippen LogP contribution in [0.2, 0.25) is 5.02 Å². The van der Waals surface area contributed by atoms with Crippen LogP contribution in [0.15, 0.2) is 78.9 Å². The van der Waals surface area contributed by atoms with E-state index in [1.54, 1.807) is 18.0 Å². The van der Waals surface area contributed by atoms with Gasteiger partial charge in [-0.1, -0.05) is 74.0 Å². The minimum Gasteiger partial charge on any atom is -0.490 e. The maximum absolute atomic E-state index is 13.9. The number of carboxylic acids is 1. The van der Waals surface area contributed by atoms with E-state index in [9.17, 15) is 28.6 Å². The van der Waals surface area contributed by atoms with Crippen LogP contribution in [0.1, 0.15) is 37.0 Å². The van der Waals surface area contributed by atoms with Crippen molar-refractivity contribution >= 4 is 29.1 Å². The molecule has 0 bridgehead atoms. The summed E-state index contributed by atoms with van der Waals surface area (Å²) < 4.78 is 40.2. The molecule has 248 valence electrons. The molecule has 3 aromatic carbocycles. The zero-order chi connectivity index (χ0) is 33.9. The number of benzene rings is 3. The van der Waals surface area contributed by atoms with E-state index < -0.39 is 40.6 Å². The standard InChI is InChI=1S/C36H37ClF2N2O6/c1-35(2)28(23-8-5-4-6-9-23)10-7-11-36(35,34(45)40-3)21-47-32-17-31(46-20-22-12-25(38)15-26(39)13-22)24(14-29(32)37)18-41-19-27(42)16-30(41)33(43)44/h4-15,17,27,30,42H,16,18-21H2,1-3H3,(H,40,45)(H,43,44)/t27-,30-,36?/m0/s1. The highest BCUT2D eigenvalue weighted by atomic mass is 35.5. The van der Waals surface area contributed by atoms with Crippen molar-refractivity contribution in [3.63, 3.8) is 0 Å². The summed E-state index contributed by atoms with van der Waals surface area (Å²) in [4.78, 5) is 27.2. The number of hydrogen-bond acceptors (Lipinski definition) is 6. The number of hydrogen-bond donors (Lipinski definition) is 3. The third-order valence-corrected chi connectivity index (χ3v) is 9.37. The summed E-state index contributed by atoms with van der Waals surface area (Å²) in [5.41, 5.74) is 0.727. The van der Waals surface area contributed by atoms with Gasteiger partial charge in [0.05, 0.1) is 11.1 Å². The van der Waals surface area contributed by atoms with Gasteiger partial charge in [-0.3, -0.25) is 14.5 Å². The molecule has 5 rings (SSSR count). The Labute approximate surface area is 277 Å². The quantitative estimate of drug-likeness (QED) is 0.230. The molecular weight excluding hydrogens is 630 g/mol. The fraction of sp³-hybridized carbons (Fsp3) is 0.333. The van der Waals surface area contributed by atoms with Crippen LogP contribution in [-0.2, 0) is 22.7 Å². The van der Waals surface area contributed by atoms with Crippen molar-refractivity contribution in [1.82, 2.24) is 10.2 Å². The summed E-state index contributed by atoms with van der Waals surface area (Å²) in [6, 6.07) is 15.0. The first-order chi connectivity index (χ1) is 22.3. The van der Waals surface area contributed by atoms with Crippen LogP contribution >= 0.6 is 11.6 Å². The number of nitrogens with one attached hydrogen (secondary N) is 1. The van der Waals surface area contributed by atoms with Crippen LogP contribution in [0.5, 0.6) is 11.5 Å². The number of carbonyl (C=O) groups is 2. The molecule has 1 aliphatic carbocycles. The van der Waals surface area contributed by atoms with E-state index in [-0.39, 0.29) is 60.7 Å². The number of halogens is 3. The van der Waals surface area contributed by atoms with Gasteiger partial charge in [-0.2, -0.15) is 0 Å². The van der Waals surface area contributed by atoms with Gasteiger partial charge < -0.3 is 25.0 Å². The van der Waals surface area contributed by atoms with Crippen molar-refractivity contribution < 1.29 is 38.1 Å². The number of β-amino-alcohol motifs (C(OH)–C–C–N with tert-alkyl or cyclic N) is 1. The summed E-state index contributed by atoms with van der Waals surface area (Å²) in [7, 11) is 1.57. The van der Waals surface area contributed by atoms with Crippen molar-refractivity contribution in [1.29, 1.82) is 0 Å². The van der Waals surface area contributed by atoms with Gasteiger partial charge in [-0.25, -0.2) is 8.78 Å². The normalized spacial score (nSPS) is 22.1. The van der Waals surface area contributed by atoms with Crippen molar-refractivity contribution in [2.75, 3.05) is 20.2 Å². The number of aliphatic hydroxyl groups is 1. The Morgan fingerprint density at radius 3 is 2.40 bits per heavy atom. The summed E-state index contributed by atoms with van der Waals surface area (Å²) in [5.74, 6) is -2.43. The van der Waals surface area contributed by atoms with E-state index >= 15 is 0 Å². The highest BCUT2D eigenvalue weighted by molar-refractivity contribution is 6.32. The summed E-state index contributed by atoms with van der Waals surface area (Å²) >= 11 is 6.75. The molecule has 1 amide bonds. The van der Waals surface area contributed by atoms with Crippen molar-refractivity contribution in [2.24, 2.45) is 10.8 Å². The Kier molecular flexibility index (Phi) is 10.0. The van der Waals surface area contributed by atoms with E-state index in [2.05, 4.69) is 5.32 Å². The first-order valence-corrected chi connectivity index (χ1v) is 15.6. The highest BCUT2D eigenvalue weighted by Gasteiger charge is 2.53. The minimum atomic E-state index is -1.16. The number of nitrogens with zero attached hydrogens (tertiary/aromatic N) is 1. The van der Waals surface area contributed by atoms with Crippen molar-refractivity contribution in [3.8, 4) is 11.5 Å². The van der Waals surface area contributed by atoms with E-state index in [1.807, 2.05) is 62.4 Å². The summed E-state index contributed by atoms with van der Waals surface area (Å²) in [6.07, 6.45) is 4.89. The van der Waals surface area contributed by atoms with Crippen LogP contribution in [0.4, 0.5) is 8.78 Å². The maximum atomic E-state index is 13.9. The fourth-order valence-corrected chi connectivity index (χ4v) is 6.68. The zero-order valence-corrected chi connectivity index (χ0v) is 27.1. The van der Waals surface area contributed by atoms with Gasteiger partial charge in [-0.05, 0) is 34.9 Å². The van der Waals surface area contributed by atoms with E-state index in [0.717, 1.165) is 29.3 Å². The Morgan fingerprint density at radius 2 is 1.74 bits per heavy atom. The van der Waals surface area contributed by atoms with Crippen molar-refractivity contribution in [2.45, 2.75) is 45.6 Å². The molecule has 11 heteroatoms. The molecule has 0 spiro atoms. The lowest BCUT2D eigenvalue weighted by Crippen LogP contribution is -2.53. The molecule has 1 heterocycles. The smallest absolute Gasteiger partial charge is 0.321 e. The van der Waals surface area contributed by atoms with Gasteiger partial charge in [0.25, 0.3) is 0 Å². The highest BCUT2D eigenvalue weighted by Crippen LogP contribution is 2.52. The number of aliphatic hydroxyl groups excluding tert-OH is 1. The molecule has 0 saturated carbocycles. The average molecular weight is 667 g/mol. The summed E-state index contributed by atoms with van der Waals surface area (Å²) in [6.45, 7) is 3.83. The molecule has 1 fully saturated rings. The molecule has 0 aromatic heterocycles. The number of likely N-dealkylation sites (tertiary alicyclic amines) is 1. The molecule has 0 radical (unpaired) electrons. The van der Waals surface area contributed by atoms with Gasteiger partial charge in [0.15, 0.2) is 0 Å². The number of rotatable bonds is 11. The summed E-state index contributed by atoms with van der Waals surface area (Å²) in [5, 5.41) is 22.9. The molecule has 1 aliphatic heterocycles. The lowest BCUT2D eigenvalue weighted by atomic mass is 9.58. The molecule has 3 N–H and O–H groups in total. The van der Waals surface area contributed by atoms with Crippen LogP contribution in [0, 0.1) is 22.5 Å².